The second kappa shape index (κ2) is 7.45. The summed E-state index contributed by atoms with van der Waals surface area (Å²) in [5.41, 5.74) is 1.52. The smallest absolute Gasteiger partial charge is 0.322 e. The molecule has 0 spiro atoms. The summed E-state index contributed by atoms with van der Waals surface area (Å²) < 4.78 is 0. The molecule has 0 bridgehead atoms. The van der Waals surface area contributed by atoms with Gasteiger partial charge in [-0.05, 0) is 19.1 Å². The molecule has 0 radical (unpaired) electrons. The van der Waals surface area contributed by atoms with Crippen molar-refractivity contribution in [1.29, 1.82) is 0 Å². The molecule has 88 valence electrons. The lowest BCUT2D eigenvalue weighted by atomic mass is 10.1. The van der Waals surface area contributed by atoms with Crippen LogP contribution in [0.2, 0.25) is 0 Å². The zero-order valence-corrected chi connectivity index (χ0v) is 9.78. The Bertz CT molecular complexity index is 344. The first-order valence-corrected chi connectivity index (χ1v) is 5.16. The summed E-state index contributed by atoms with van der Waals surface area (Å²) in [4.78, 5) is 21.5. The Hall–Kier alpha value is -1.84. The molecule has 1 aromatic rings. The summed E-state index contributed by atoms with van der Waals surface area (Å²) in [6.07, 6.45) is 0. The third kappa shape index (κ3) is 5.14. The van der Waals surface area contributed by atoms with Crippen molar-refractivity contribution < 1.29 is 14.7 Å². The van der Waals surface area contributed by atoms with Crippen LogP contribution >= 0.6 is 0 Å². The maximum atomic E-state index is 11.3. The van der Waals surface area contributed by atoms with Crippen molar-refractivity contribution in [3.8, 4) is 0 Å². The Morgan fingerprint density at radius 2 is 1.69 bits per heavy atom. The molecule has 0 aliphatic rings. The molecule has 0 heterocycles. The van der Waals surface area contributed by atoms with Crippen LogP contribution in [0.4, 0.5) is 0 Å². The van der Waals surface area contributed by atoms with Crippen LogP contribution in [0, 0.1) is 6.92 Å². The number of amides is 1. The number of carboxylic acid groups (broad SMARTS) is 1. The van der Waals surface area contributed by atoms with Crippen molar-refractivity contribution in [2.75, 3.05) is 6.54 Å². The van der Waals surface area contributed by atoms with E-state index >= 15 is 0 Å². The highest BCUT2D eigenvalue weighted by Gasteiger charge is 2.05. The van der Waals surface area contributed by atoms with Crippen LogP contribution in [-0.2, 0) is 4.79 Å². The third-order valence-corrected chi connectivity index (χ3v) is 1.71. The van der Waals surface area contributed by atoms with Crippen molar-refractivity contribution in [3.63, 3.8) is 0 Å². The van der Waals surface area contributed by atoms with Gasteiger partial charge in [0, 0.05) is 5.56 Å². The van der Waals surface area contributed by atoms with Gasteiger partial charge in [-0.1, -0.05) is 31.5 Å². The normalized spacial score (nSPS) is 8.69. The Labute approximate surface area is 95.3 Å². The summed E-state index contributed by atoms with van der Waals surface area (Å²) in [7, 11) is 0. The fourth-order valence-corrected chi connectivity index (χ4v) is 0.963. The molecule has 16 heavy (non-hydrogen) atoms. The quantitative estimate of drug-likeness (QED) is 0.821. The fourth-order valence-electron chi connectivity index (χ4n) is 0.963. The number of nitrogens with one attached hydrogen (secondary N) is 1. The van der Waals surface area contributed by atoms with Crippen molar-refractivity contribution in [2.24, 2.45) is 0 Å². The molecule has 0 saturated heterocycles. The molecule has 1 rings (SSSR count). The number of carbonyl (C=O) groups is 2. The Morgan fingerprint density at radius 3 is 2.12 bits per heavy atom. The van der Waals surface area contributed by atoms with E-state index in [1.165, 1.54) is 0 Å². The van der Waals surface area contributed by atoms with E-state index in [4.69, 9.17) is 5.11 Å². The molecule has 2 N–H and O–H groups in total. The van der Waals surface area contributed by atoms with Crippen molar-refractivity contribution in [2.45, 2.75) is 20.8 Å². The number of hydrogen-bond acceptors (Lipinski definition) is 2. The summed E-state index contributed by atoms with van der Waals surface area (Å²) in [5, 5.41) is 10.6. The van der Waals surface area contributed by atoms with Crippen molar-refractivity contribution in [3.05, 3.63) is 35.4 Å². The number of benzene rings is 1. The second-order valence-electron chi connectivity index (χ2n) is 2.94. The molecule has 0 aliphatic carbocycles. The molecule has 0 fully saturated rings. The first-order valence-electron chi connectivity index (χ1n) is 5.16. The summed E-state index contributed by atoms with van der Waals surface area (Å²) in [6, 6.07) is 6.92. The van der Waals surface area contributed by atoms with Crippen LogP contribution in [-0.4, -0.2) is 23.5 Å². The number of carbonyl (C=O) groups excluding carboxylic acids is 1. The second-order valence-corrected chi connectivity index (χ2v) is 2.94. The van der Waals surface area contributed by atoms with E-state index in [-0.39, 0.29) is 12.5 Å². The van der Waals surface area contributed by atoms with Gasteiger partial charge in [-0.15, -0.1) is 0 Å². The van der Waals surface area contributed by atoms with Gasteiger partial charge in [0.1, 0.15) is 6.54 Å². The zero-order chi connectivity index (χ0) is 12.6. The Kier molecular flexibility index (Phi) is 6.59. The average Bonchev–Trinajstić information content (AvgIpc) is 2.29. The fraction of sp³-hybridized carbons (Fsp3) is 0.333. The highest BCUT2D eigenvalue weighted by Crippen LogP contribution is 2.02. The number of hydrogen-bond donors (Lipinski definition) is 2. The van der Waals surface area contributed by atoms with Crippen LogP contribution in [0.1, 0.15) is 29.8 Å². The van der Waals surface area contributed by atoms with Gasteiger partial charge in [-0.2, -0.15) is 0 Å². The minimum Gasteiger partial charge on any atom is -0.480 e. The summed E-state index contributed by atoms with van der Waals surface area (Å²) >= 11 is 0. The predicted molar refractivity (Wildman–Crippen MR) is 62.5 cm³/mol. The monoisotopic (exact) mass is 223 g/mol. The van der Waals surface area contributed by atoms with Gasteiger partial charge in [0.25, 0.3) is 5.91 Å². The Balaban J connectivity index is 0.00000106. The lowest BCUT2D eigenvalue weighted by Crippen LogP contribution is -2.29. The minimum atomic E-state index is -1.05. The number of aryl methyl sites for hydroxylation is 1. The van der Waals surface area contributed by atoms with Crippen LogP contribution in [0.25, 0.3) is 0 Å². The van der Waals surface area contributed by atoms with Crippen LogP contribution in [0.3, 0.4) is 0 Å². The molecule has 4 heteroatoms. The van der Waals surface area contributed by atoms with Crippen molar-refractivity contribution in [1.82, 2.24) is 5.32 Å². The minimum absolute atomic E-state index is 0.354. The predicted octanol–water partition coefficient (Wildman–Crippen LogP) is 1.84. The maximum Gasteiger partial charge on any atom is 0.322 e. The lowest BCUT2D eigenvalue weighted by molar-refractivity contribution is -0.135. The number of rotatable bonds is 3. The standard InChI is InChI=1S/C10H11NO3.C2H6/c1-7-2-4-8(5-3-7)10(14)11-6-9(12)13;1-2/h2-5H,6H2,1H3,(H,11,14)(H,12,13);1-2H3. The van der Waals surface area contributed by atoms with E-state index in [2.05, 4.69) is 5.32 Å². The summed E-state index contributed by atoms with van der Waals surface area (Å²) in [6.45, 7) is 5.56. The SMILES string of the molecule is CC.Cc1ccc(C(=O)NCC(=O)O)cc1. The van der Waals surface area contributed by atoms with Crippen LogP contribution < -0.4 is 5.32 Å². The van der Waals surface area contributed by atoms with E-state index in [1.54, 1.807) is 24.3 Å². The van der Waals surface area contributed by atoms with Gasteiger partial charge < -0.3 is 10.4 Å². The topological polar surface area (TPSA) is 66.4 Å². The molecule has 4 nitrogen and oxygen atoms in total. The molecular formula is C12H17NO3. The first kappa shape index (κ1) is 14.2. The number of aliphatic carboxylic acids is 1. The molecular weight excluding hydrogens is 206 g/mol. The van der Waals surface area contributed by atoms with E-state index in [0.717, 1.165) is 5.56 Å². The molecule has 0 saturated carbocycles. The molecule has 0 unspecified atom stereocenters. The largest absolute Gasteiger partial charge is 0.480 e. The van der Waals surface area contributed by atoms with Gasteiger partial charge in [0.15, 0.2) is 0 Å². The van der Waals surface area contributed by atoms with Gasteiger partial charge in [-0.3, -0.25) is 9.59 Å². The third-order valence-electron chi connectivity index (χ3n) is 1.71. The molecule has 0 aromatic heterocycles. The highest BCUT2D eigenvalue weighted by molar-refractivity contribution is 5.95. The maximum absolute atomic E-state index is 11.3. The van der Waals surface area contributed by atoms with Gasteiger partial charge in [-0.25, -0.2) is 0 Å². The van der Waals surface area contributed by atoms with Gasteiger partial charge >= 0.3 is 5.97 Å². The highest BCUT2D eigenvalue weighted by atomic mass is 16.4. The van der Waals surface area contributed by atoms with E-state index in [0.29, 0.717) is 5.56 Å². The van der Waals surface area contributed by atoms with E-state index in [1.807, 2.05) is 20.8 Å². The van der Waals surface area contributed by atoms with E-state index in [9.17, 15) is 9.59 Å². The first-order chi connectivity index (χ1) is 7.59. The van der Waals surface area contributed by atoms with Crippen LogP contribution in [0.5, 0.6) is 0 Å². The summed E-state index contributed by atoms with van der Waals surface area (Å²) in [5.74, 6) is -1.42. The molecule has 1 aromatic carbocycles. The van der Waals surface area contributed by atoms with Gasteiger partial charge in [0.2, 0.25) is 0 Å². The molecule has 0 atom stereocenters. The Morgan fingerprint density at radius 1 is 1.19 bits per heavy atom. The average molecular weight is 223 g/mol. The van der Waals surface area contributed by atoms with Gasteiger partial charge in [0.05, 0.1) is 0 Å². The molecule has 1 amide bonds. The van der Waals surface area contributed by atoms with Crippen molar-refractivity contribution >= 4 is 11.9 Å². The van der Waals surface area contributed by atoms with Crippen LogP contribution in [0.15, 0.2) is 24.3 Å². The lowest BCUT2D eigenvalue weighted by Gasteiger charge is -2.01. The zero-order valence-electron chi connectivity index (χ0n) is 9.78. The van der Waals surface area contributed by atoms with E-state index < -0.39 is 5.97 Å². The molecule has 0 aliphatic heterocycles. The number of carboxylic acids is 1.